The van der Waals surface area contributed by atoms with Crippen molar-refractivity contribution in [1.29, 1.82) is 0 Å². The quantitative estimate of drug-likeness (QED) is 0.105. The first-order valence-electron chi connectivity index (χ1n) is 14.6. The summed E-state index contributed by atoms with van der Waals surface area (Å²) in [6, 6.07) is 25.8. The number of nitrogens with one attached hydrogen (secondary N) is 2. The van der Waals surface area contributed by atoms with E-state index in [2.05, 4.69) is 10.6 Å². The summed E-state index contributed by atoms with van der Waals surface area (Å²) in [5, 5.41) is 5.56. The van der Waals surface area contributed by atoms with Crippen molar-refractivity contribution in [3.05, 3.63) is 96.1 Å². The minimum Gasteiger partial charge on any atom is -0.461 e. The lowest BCUT2D eigenvalue weighted by Gasteiger charge is -2.25. The largest absolute Gasteiger partial charge is 0.461 e. The third-order valence-electron chi connectivity index (χ3n) is 6.58. The van der Waals surface area contributed by atoms with E-state index in [9.17, 15) is 23.8 Å². The molecule has 3 rings (SSSR count). The zero-order valence-corrected chi connectivity index (χ0v) is 26.2. The van der Waals surface area contributed by atoms with Crippen LogP contribution in [-0.4, -0.2) is 47.9 Å². The zero-order valence-electron chi connectivity index (χ0n) is 25.3. The SMILES string of the molecule is CCC(=O)OC(OP(=O)(O)CNC(Cc1ccc(-c2ccccc2)cc1)C(=O)NCCC(=O)OCc1ccccc1)C(C)C. The highest BCUT2D eigenvalue weighted by Crippen LogP contribution is 2.43. The molecule has 0 fully saturated rings. The number of hydrogen-bond acceptors (Lipinski definition) is 8. The van der Waals surface area contributed by atoms with E-state index < -0.39 is 44.1 Å². The van der Waals surface area contributed by atoms with Gasteiger partial charge in [-0.15, -0.1) is 0 Å². The van der Waals surface area contributed by atoms with E-state index in [1.807, 2.05) is 84.9 Å². The summed E-state index contributed by atoms with van der Waals surface area (Å²) in [6.45, 7) is 5.15. The zero-order chi connectivity index (χ0) is 32.0. The molecule has 3 unspecified atom stereocenters. The van der Waals surface area contributed by atoms with Crippen LogP contribution in [0.2, 0.25) is 0 Å². The van der Waals surface area contributed by atoms with Gasteiger partial charge in [-0.05, 0) is 28.7 Å². The topological polar surface area (TPSA) is 140 Å². The third kappa shape index (κ3) is 12.1. The van der Waals surface area contributed by atoms with Gasteiger partial charge in [0.1, 0.15) is 6.61 Å². The smallest absolute Gasteiger partial charge is 0.344 e. The number of carbonyl (C=O) groups is 3. The first-order chi connectivity index (χ1) is 21.1. The van der Waals surface area contributed by atoms with Crippen molar-refractivity contribution in [2.75, 3.05) is 12.8 Å². The van der Waals surface area contributed by atoms with E-state index in [1.165, 1.54) is 0 Å². The van der Waals surface area contributed by atoms with Crippen LogP contribution in [-0.2, 0) is 46.0 Å². The van der Waals surface area contributed by atoms with Crippen LogP contribution in [0.3, 0.4) is 0 Å². The molecule has 10 nitrogen and oxygen atoms in total. The molecule has 0 heterocycles. The van der Waals surface area contributed by atoms with Crippen LogP contribution >= 0.6 is 7.60 Å². The van der Waals surface area contributed by atoms with Crippen molar-refractivity contribution in [2.45, 2.75) is 59.0 Å². The average molecular weight is 625 g/mol. The molecule has 0 bridgehead atoms. The molecular weight excluding hydrogens is 583 g/mol. The molecule has 0 spiro atoms. The van der Waals surface area contributed by atoms with Crippen LogP contribution < -0.4 is 10.6 Å². The lowest BCUT2D eigenvalue weighted by Crippen LogP contribution is -2.46. The highest BCUT2D eigenvalue weighted by molar-refractivity contribution is 7.52. The number of rotatable bonds is 17. The van der Waals surface area contributed by atoms with E-state index in [-0.39, 0.29) is 38.3 Å². The number of hydrogen-bond donors (Lipinski definition) is 3. The summed E-state index contributed by atoms with van der Waals surface area (Å²) >= 11 is 0. The van der Waals surface area contributed by atoms with E-state index >= 15 is 0 Å². The Kier molecular flexibility index (Phi) is 13.8. The molecule has 11 heteroatoms. The first-order valence-corrected chi connectivity index (χ1v) is 16.4. The summed E-state index contributed by atoms with van der Waals surface area (Å²) in [5.74, 6) is -1.87. The molecular formula is C33H41N2O8P. The van der Waals surface area contributed by atoms with E-state index in [0.717, 1.165) is 22.3 Å². The summed E-state index contributed by atoms with van der Waals surface area (Å²) in [5.41, 5.74) is 3.72. The minimum absolute atomic E-state index is 0.0211. The fourth-order valence-electron chi connectivity index (χ4n) is 4.10. The second-order valence-corrected chi connectivity index (χ2v) is 12.4. The summed E-state index contributed by atoms with van der Waals surface area (Å²) in [7, 11) is -4.34. The fraction of sp³-hybridized carbons (Fsp3) is 0.364. The molecule has 3 aromatic rings. The van der Waals surface area contributed by atoms with Gasteiger partial charge in [-0.1, -0.05) is 106 Å². The molecule has 0 radical (unpaired) electrons. The maximum absolute atomic E-state index is 13.2. The maximum Gasteiger partial charge on any atom is 0.344 e. The van der Waals surface area contributed by atoms with Gasteiger partial charge in [-0.2, -0.15) is 0 Å². The predicted molar refractivity (Wildman–Crippen MR) is 167 cm³/mol. The molecule has 44 heavy (non-hydrogen) atoms. The Balaban J connectivity index is 1.64. The second-order valence-electron chi connectivity index (χ2n) is 10.6. The molecule has 0 aromatic heterocycles. The molecule has 0 saturated heterocycles. The van der Waals surface area contributed by atoms with Crippen molar-refractivity contribution < 1.29 is 37.8 Å². The van der Waals surface area contributed by atoms with Gasteiger partial charge in [-0.25, -0.2) is 0 Å². The van der Waals surface area contributed by atoms with Crippen LogP contribution in [0.5, 0.6) is 0 Å². The Morgan fingerprint density at radius 2 is 1.45 bits per heavy atom. The molecule has 1 amide bonds. The standard InChI is InChI=1S/C33H41N2O8P/c1-4-30(36)42-33(24(2)3)43-44(39,40)23-35-29(21-25-15-17-28(18-16-25)27-13-9-6-10-14-27)32(38)34-20-19-31(37)41-22-26-11-7-5-8-12-26/h5-18,24,29,33,35H,4,19-23H2,1-3H3,(H,34,38)(H,39,40). The molecule has 0 saturated carbocycles. The molecule has 3 aromatic carbocycles. The van der Waals surface area contributed by atoms with Crippen LogP contribution in [0.25, 0.3) is 11.1 Å². The summed E-state index contributed by atoms with van der Waals surface area (Å²) in [6.07, 6.45) is -1.56. The maximum atomic E-state index is 13.2. The Bertz CT molecular complexity index is 1380. The van der Waals surface area contributed by atoms with E-state index in [0.29, 0.717) is 0 Å². The van der Waals surface area contributed by atoms with Gasteiger partial charge in [0, 0.05) is 18.9 Å². The number of ether oxygens (including phenoxy) is 2. The number of amides is 1. The van der Waals surface area contributed by atoms with Crippen molar-refractivity contribution >= 4 is 25.4 Å². The van der Waals surface area contributed by atoms with Crippen LogP contribution in [0.4, 0.5) is 0 Å². The van der Waals surface area contributed by atoms with Crippen LogP contribution in [0.1, 0.15) is 44.7 Å². The second kappa shape index (κ2) is 17.5. The van der Waals surface area contributed by atoms with E-state index in [1.54, 1.807) is 20.8 Å². The normalized spacial score (nSPS) is 13.8. The molecule has 3 N–H and O–H groups in total. The summed E-state index contributed by atoms with van der Waals surface area (Å²) < 4.78 is 28.7. The van der Waals surface area contributed by atoms with Crippen molar-refractivity contribution in [3.8, 4) is 11.1 Å². The van der Waals surface area contributed by atoms with E-state index in [4.69, 9.17) is 14.0 Å². The Labute approximate surface area is 258 Å². The monoisotopic (exact) mass is 624 g/mol. The van der Waals surface area contributed by atoms with Crippen LogP contribution in [0.15, 0.2) is 84.9 Å². The average Bonchev–Trinajstić information content (AvgIpc) is 3.02. The number of carbonyl (C=O) groups excluding carboxylic acids is 3. The summed E-state index contributed by atoms with van der Waals surface area (Å²) in [4.78, 5) is 47.8. The number of benzene rings is 3. The third-order valence-corrected chi connectivity index (χ3v) is 7.69. The molecule has 0 aliphatic rings. The highest BCUT2D eigenvalue weighted by Gasteiger charge is 2.31. The van der Waals surface area contributed by atoms with Crippen LogP contribution in [0, 0.1) is 5.92 Å². The Morgan fingerprint density at radius 1 is 0.841 bits per heavy atom. The van der Waals surface area contributed by atoms with Gasteiger partial charge in [0.2, 0.25) is 12.2 Å². The lowest BCUT2D eigenvalue weighted by molar-refractivity contribution is -0.170. The highest BCUT2D eigenvalue weighted by atomic mass is 31.2. The lowest BCUT2D eigenvalue weighted by atomic mass is 10.0. The molecule has 0 aliphatic carbocycles. The Hall–Kier alpha value is -3.82. The minimum atomic E-state index is -4.34. The predicted octanol–water partition coefficient (Wildman–Crippen LogP) is 5.20. The number of esters is 2. The van der Waals surface area contributed by atoms with Gasteiger partial charge in [-0.3, -0.25) is 28.8 Å². The van der Waals surface area contributed by atoms with Gasteiger partial charge in [0.15, 0.2) is 0 Å². The first kappa shape index (κ1) is 34.7. The molecule has 3 atom stereocenters. The van der Waals surface area contributed by atoms with Gasteiger partial charge >= 0.3 is 19.5 Å². The van der Waals surface area contributed by atoms with Crippen molar-refractivity contribution in [3.63, 3.8) is 0 Å². The fourth-order valence-corrected chi connectivity index (χ4v) is 5.23. The van der Waals surface area contributed by atoms with Crippen molar-refractivity contribution in [1.82, 2.24) is 10.6 Å². The van der Waals surface area contributed by atoms with Gasteiger partial charge in [0.05, 0.1) is 18.7 Å². The van der Waals surface area contributed by atoms with Gasteiger partial charge < -0.3 is 19.7 Å². The van der Waals surface area contributed by atoms with Crippen molar-refractivity contribution in [2.24, 2.45) is 5.92 Å². The molecule has 236 valence electrons. The van der Waals surface area contributed by atoms with Gasteiger partial charge in [0.25, 0.3) is 0 Å². The molecule has 0 aliphatic heterocycles. The Morgan fingerprint density at radius 3 is 2.07 bits per heavy atom.